The van der Waals surface area contributed by atoms with Crippen LogP contribution in [0.15, 0.2) is 52.9 Å². The molecule has 0 unspecified atom stereocenters. The van der Waals surface area contributed by atoms with Crippen LogP contribution in [-0.4, -0.2) is 47.9 Å². The Labute approximate surface area is 178 Å². The maximum Gasteiger partial charge on any atom is 0.247 e. The van der Waals surface area contributed by atoms with Gasteiger partial charge in [0.05, 0.1) is 13.2 Å². The Kier molecular flexibility index (Phi) is 6.64. The average molecular weight is 407 g/mol. The molecule has 0 amide bonds. The Hall–Kier alpha value is -2.86. The summed E-state index contributed by atoms with van der Waals surface area (Å²) in [6, 6.07) is 16.6. The summed E-state index contributed by atoms with van der Waals surface area (Å²) in [6.07, 6.45) is 2.19. The van der Waals surface area contributed by atoms with Crippen molar-refractivity contribution < 1.29 is 9.15 Å². The molecule has 0 aliphatic carbocycles. The summed E-state index contributed by atoms with van der Waals surface area (Å²) < 4.78 is 11.6. The molecule has 1 aliphatic rings. The Bertz CT molecular complexity index is 930. The Morgan fingerprint density at radius 3 is 2.53 bits per heavy atom. The molecular weight excluding hydrogens is 376 g/mol. The summed E-state index contributed by atoms with van der Waals surface area (Å²) in [5.41, 5.74) is 3.52. The second-order valence-corrected chi connectivity index (χ2v) is 7.83. The molecule has 2 heterocycles. The zero-order valence-electron chi connectivity index (χ0n) is 17.9. The lowest BCUT2D eigenvalue weighted by molar-refractivity contribution is 0.227. The number of unbranched alkanes of at least 4 members (excludes halogenated alkanes) is 1. The van der Waals surface area contributed by atoms with E-state index in [1.807, 2.05) is 24.3 Å². The first-order chi connectivity index (χ1) is 14.7. The molecule has 4 rings (SSSR count). The molecule has 0 atom stereocenters. The van der Waals surface area contributed by atoms with Gasteiger partial charge in [0.15, 0.2) is 0 Å². The number of aryl methyl sites for hydroxylation is 1. The second-order valence-electron chi connectivity index (χ2n) is 7.83. The zero-order valence-corrected chi connectivity index (χ0v) is 17.9. The minimum absolute atomic E-state index is 0.559. The standard InChI is InChI=1S/C24H30N4O2/c1-3-4-16-29-22-10-8-20(9-11-22)24-26-25-23(30-24)18-27-12-14-28(15-13-27)21-7-5-6-19(2)17-21/h5-11,17H,3-4,12-16,18H2,1-2H3. The van der Waals surface area contributed by atoms with E-state index in [2.05, 4.69) is 58.1 Å². The van der Waals surface area contributed by atoms with E-state index in [4.69, 9.17) is 9.15 Å². The lowest BCUT2D eigenvalue weighted by Gasteiger charge is -2.35. The van der Waals surface area contributed by atoms with Crippen LogP contribution in [-0.2, 0) is 6.54 Å². The van der Waals surface area contributed by atoms with Crippen LogP contribution in [0.25, 0.3) is 11.5 Å². The molecule has 30 heavy (non-hydrogen) atoms. The third-order valence-electron chi connectivity index (χ3n) is 5.43. The highest BCUT2D eigenvalue weighted by Gasteiger charge is 2.19. The number of ether oxygens (including phenoxy) is 1. The van der Waals surface area contributed by atoms with Crippen molar-refractivity contribution >= 4 is 5.69 Å². The average Bonchev–Trinajstić information content (AvgIpc) is 3.23. The Morgan fingerprint density at radius 2 is 1.80 bits per heavy atom. The van der Waals surface area contributed by atoms with Gasteiger partial charge < -0.3 is 14.1 Å². The van der Waals surface area contributed by atoms with Crippen LogP contribution in [0, 0.1) is 6.92 Å². The molecule has 0 bridgehead atoms. The summed E-state index contributed by atoms with van der Waals surface area (Å²) in [5.74, 6) is 2.10. The lowest BCUT2D eigenvalue weighted by atomic mass is 10.2. The molecule has 1 aliphatic heterocycles. The van der Waals surface area contributed by atoms with Crippen molar-refractivity contribution in [2.24, 2.45) is 0 Å². The fourth-order valence-electron chi connectivity index (χ4n) is 3.64. The van der Waals surface area contributed by atoms with Crippen molar-refractivity contribution in [3.8, 4) is 17.2 Å². The zero-order chi connectivity index (χ0) is 20.8. The highest BCUT2D eigenvalue weighted by Crippen LogP contribution is 2.23. The van der Waals surface area contributed by atoms with Crippen molar-refractivity contribution in [3.05, 3.63) is 60.0 Å². The van der Waals surface area contributed by atoms with Gasteiger partial charge in [-0.3, -0.25) is 4.90 Å². The van der Waals surface area contributed by atoms with Gasteiger partial charge >= 0.3 is 0 Å². The topological polar surface area (TPSA) is 54.6 Å². The molecule has 6 heteroatoms. The fourth-order valence-corrected chi connectivity index (χ4v) is 3.64. The lowest BCUT2D eigenvalue weighted by Crippen LogP contribution is -2.46. The van der Waals surface area contributed by atoms with E-state index in [1.54, 1.807) is 0 Å². The quantitative estimate of drug-likeness (QED) is 0.512. The normalized spacial score (nSPS) is 14.8. The van der Waals surface area contributed by atoms with E-state index in [1.165, 1.54) is 11.3 Å². The van der Waals surface area contributed by atoms with Crippen LogP contribution in [0.4, 0.5) is 5.69 Å². The third-order valence-corrected chi connectivity index (χ3v) is 5.43. The second kappa shape index (κ2) is 9.76. The van der Waals surface area contributed by atoms with Gasteiger partial charge in [0.2, 0.25) is 11.8 Å². The number of rotatable bonds is 8. The van der Waals surface area contributed by atoms with Gasteiger partial charge in [-0.05, 0) is 55.3 Å². The first-order valence-electron chi connectivity index (χ1n) is 10.8. The third kappa shape index (κ3) is 5.19. The van der Waals surface area contributed by atoms with E-state index in [0.717, 1.165) is 56.9 Å². The number of nitrogens with zero attached hydrogens (tertiary/aromatic N) is 4. The van der Waals surface area contributed by atoms with Gasteiger partial charge in [-0.25, -0.2) is 0 Å². The highest BCUT2D eigenvalue weighted by atomic mass is 16.5. The van der Waals surface area contributed by atoms with Crippen molar-refractivity contribution in [1.29, 1.82) is 0 Å². The van der Waals surface area contributed by atoms with Gasteiger partial charge in [0.1, 0.15) is 5.75 Å². The van der Waals surface area contributed by atoms with Crippen molar-refractivity contribution in [3.63, 3.8) is 0 Å². The highest BCUT2D eigenvalue weighted by molar-refractivity contribution is 5.54. The van der Waals surface area contributed by atoms with Gasteiger partial charge in [-0.2, -0.15) is 0 Å². The molecule has 0 saturated carbocycles. The van der Waals surface area contributed by atoms with E-state index in [9.17, 15) is 0 Å². The molecule has 2 aromatic carbocycles. The number of benzene rings is 2. The van der Waals surface area contributed by atoms with Crippen LogP contribution in [0.2, 0.25) is 0 Å². The van der Waals surface area contributed by atoms with E-state index in [-0.39, 0.29) is 0 Å². The van der Waals surface area contributed by atoms with Crippen LogP contribution >= 0.6 is 0 Å². The number of hydrogen-bond acceptors (Lipinski definition) is 6. The molecule has 1 aromatic heterocycles. The number of hydrogen-bond donors (Lipinski definition) is 0. The largest absolute Gasteiger partial charge is 0.494 e. The predicted molar refractivity (Wildman–Crippen MR) is 119 cm³/mol. The van der Waals surface area contributed by atoms with Crippen LogP contribution in [0.3, 0.4) is 0 Å². The minimum Gasteiger partial charge on any atom is -0.494 e. The summed E-state index contributed by atoms with van der Waals surface area (Å²) in [5, 5.41) is 8.49. The van der Waals surface area contributed by atoms with E-state index >= 15 is 0 Å². The molecule has 1 saturated heterocycles. The van der Waals surface area contributed by atoms with Crippen LogP contribution in [0.1, 0.15) is 31.2 Å². The molecule has 1 fully saturated rings. The molecule has 0 spiro atoms. The molecule has 0 N–H and O–H groups in total. The molecule has 158 valence electrons. The van der Waals surface area contributed by atoms with Crippen molar-refractivity contribution in [2.45, 2.75) is 33.2 Å². The van der Waals surface area contributed by atoms with Crippen molar-refractivity contribution in [1.82, 2.24) is 15.1 Å². The number of piperazine rings is 1. The van der Waals surface area contributed by atoms with Crippen LogP contribution < -0.4 is 9.64 Å². The van der Waals surface area contributed by atoms with Gasteiger partial charge in [-0.1, -0.05) is 25.5 Å². The minimum atomic E-state index is 0.559. The van der Waals surface area contributed by atoms with Crippen LogP contribution in [0.5, 0.6) is 5.75 Å². The van der Waals surface area contributed by atoms with Gasteiger partial charge in [-0.15, -0.1) is 10.2 Å². The maximum absolute atomic E-state index is 5.92. The number of anilines is 1. The maximum atomic E-state index is 5.92. The van der Waals surface area contributed by atoms with Crippen molar-refractivity contribution in [2.75, 3.05) is 37.7 Å². The molecule has 0 radical (unpaired) electrons. The summed E-state index contributed by atoms with van der Waals surface area (Å²) in [6.45, 7) is 9.70. The van der Waals surface area contributed by atoms with E-state index < -0.39 is 0 Å². The summed E-state index contributed by atoms with van der Waals surface area (Å²) >= 11 is 0. The van der Waals surface area contributed by atoms with Gasteiger partial charge in [0, 0.05) is 37.4 Å². The monoisotopic (exact) mass is 406 g/mol. The summed E-state index contributed by atoms with van der Waals surface area (Å²) in [7, 11) is 0. The SMILES string of the molecule is CCCCOc1ccc(-c2nnc(CN3CCN(c4cccc(C)c4)CC3)o2)cc1. The predicted octanol–water partition coefficient (Wildman–Crippen LogP) is 4.55. The smallest absolute Gasteiger partial charge is 0.247 e. The Balaban J connectivity index is 1.30. The number of aromatic nitrogens is 2. The molecule has 3 aromatic rings. The molecule has 6 nitrogen and oxygen atoms in total. The summed E-state index contributed by atoms with van der Waals surface area (Å²) in [4.78, 5) is 4.81. The Morgan fingerprint density at radius 1 is 1.00 bits per heavy atom. The van der Waals surface area contributed by atoms with Gasteiger partial charge in [0.25, 0.3) is 0 Å². The molecular formula is C24H30N4O2. The van der Waals surface area contributed by atoms with E-state index in [0.29, 0.717) is 18.3 Å². The first kappa shape index (κ1) is 20.4. The fraction of sp³-hybridized carbons (Fsp3) is 0.417. The first-order valence-corrected chi connectivity index (χ1v) is 10.8.